The minimum atomic E-state index is 1.02. The third-order valence-electron chi connectivity index (χ3n) is 2.17. The lowest BCUT2D eigenvalue weighted by Crippen LogP contribution is -2.15. The zero-order valence-electron chi connectivity index (χ0n) is 9.82. The quantitative estimate of drug-likeness (QED) is 0.479. The first-order chi connectivity index (χ1) is 6.79. The molecule has 0 radical (unpaired) electrons. The first kappa shape index (κ1) is 13.1. The van der Waals surface area contributed by atoms with Crippen molar-refractivity contribution in [3.63, 3.8) is 0 Å². The van der Waals surface area contributed by atoms with Crippen molar-refractivity contribution in [3.05, 3.63) is 29.7 Å². The minimum absolute atomic E-state index is 1.02. The van der Waals surface area contributed by atoms with Crippen molar-refractivity contribution in [3.8, 4) is 0 Å². The molecule has 0 saturated carbocycles. The van der Waals surface area contributed by atoms with Crippen LogP contribution in [0.15, 0.2) is 29.7 Å². The summed E-state index contributed by atoms with van der Waals surface area (Å²) in [5.74, 6) is 0. The number of rotatable bonds is 7. The fourth-order valence-corrected chi connectivity index (χ4v) is 1.31. The standard InChI is InChI=1S/C13H23N/c1-5-9-10-12(7-3)13(8-4)14-11-6-2/h8,14H,3,5-6,9-11H2,1-2,4H3. The van der Waals surface area contributed by atoms with Gasteiger partial charge in [0.15, 0.2) is 0 Å². The summed E-state index contributed by atoms with van der Waals surface area (Å²) < 4.78 is 0. The molecule has 0 aromatic heterocycles. The van der Waals surface area contributed by atoms with Crippen LogP contribution in [0.2, 0.25) is 0 Å². The second kappa shape index (κ2) is 8.65. The second-order valence-corrected chi connectivity index (χ2v) is 3.39. The monoisotopic (exact) mass is 193 g/mol. The van der Waals surface area contributed by atoms with Crippen LogP contribution in [0.5, 0.6) is 0 Å². The molecule has 1 N–H and O–H groups in total. The number of nitrogens with one attached hydrogen (secondary N) is 1. The Labute approximate surface area is 88.6 Å². The summed E-state index contributed by atoms with van der Waals surface area (Å²) in [4.78, 5) is 0. The highest BCUT2D eigenvalue weighted by atomic mass is 14.9. The fraction of sp³-hybridized carbons (Fsp3) is 0.615. The van der Waals surface area contributed by atoms with Gasteiger partial charge in [-0.1, -0.05) is 32.9 Å². The lowest BCUT2D eigenvalue weighted by Gasteiger charge is -2.11. The molecule has 0 spiro atoms. The Morgan fingerprint density at radius 1 is 1.36 bits per heavy atom. The smallest absolute Gasteiger partial charge is 0.0407 e. The van der Waals surface area contributed by atoms with Crippen LogP contribution in [0.3, 0.4) is 0 Å². The maximum absolute atomic E-state index is 3.75. The molecular weight excluding hydrogens is 170 g/mol. The van der Waals surface area contributed by atoms with Gasteiger partial charge in [-0.25, -0.2) is 0 Å². The molecule has 0 aliphatic heterocycles. The Balaban J connectivity index is 4.26. The Bertz CT molecular complexity index is 219. The average molecular weight is 193 g/mol. The van der Waals surface area contributed by atoms with Gasteiger partial charge in [0.1, 0.15) is 0 Å². The van der Waals surface area contributed by atoms with E-state index in [4.69, 9.17) is 0 Å². The van der Waals surface area contributed by atoms with Crippen molar-refractivity contribution < 1.29 is 0 Å². The molecule has 0 saturated heterocycles. The van der Waals surface area contributed by atoms with Gasteiger partial charge in [-0.15, -0.1) is 5.73 Å². The van der Waals surface area contributed by atoms with Gasteiger partial charge in [-0.3, -0.25) is 0 Å². The summed E-state index contributed by atoms with van der Waals surface area (Å²) in [6.45, 7) is 11.2. The molecule has 1 nitrogen and oxygen atoms in total. The van der Waals surface area contributed by atoms with E-state index in [0.717, 1.165) is 19.4 Å². The normalized spacial score (nSPS) is 10.9. The minimum Gasteiger partial charge on any atom is -0.385 e. The Morgan fingerprint density at radius 3 is 2.50 bits per heavy atom. The molecule has 0 atom stereocenters. The zero-order valence-corrected chi connectivity index (χ0v) is 9.82. The van der Waals surface area contributed by atoms with Crippen LogP contribution in [0.25, 0.3) is 0 Å². The van der Waals surface area contributed by atoms with Crippen molar-refractivity contribution in [2.45, 2.75) is 46.5 Å². The molecule has 0 unspecified atom stereocenters. The third kappa shape index (κ3) is 4.94. The number of unbranched alkanes of at least 4 members (excludes halogenated alkanes) is 1. The predicted molar refractivity (Wildman–Crippen MR) is 64.2 cm³/mol. The predicted octanol–water partition coefficient (Wildman–Crippen LogP) is 3.79. The SMILES string of the molecule is C=C=C(CCCC)C(=CC)NCCC. The molecule has 0 amide bonds. The topological polar surface area (TPSA) is 12.0 Å². The van der Waals surface area contributed by atoms with Gasteiger partial charge in [0.25, 0.3) is 0 Å². The van der Waals surface area contributed by atoms with E-state index < -0.39 is 0 Å². The Kier molecular flexibility index (Phi) is 8.07. The first-order valence-corrected chi connectivity index (χ1v) is 5.59. The molecule has 0 bridgehead atoms. The van der Waals surface area contributed by atoms with Crippen LogP contribution in [0.4, 0.5) is 0 Å². The molecule has 0 fully saturated rings. The highest BCUT2D eigenvalue weighted by Crippen LogP contribution is 2.13. The van der Waals surface area contributed by atoms with Crippen LogP contribution in [0.1, 0.15) is 46.5 Å². The van der Waals surface area contributed by atoms with Gasteiger partial charge in [-0.05, 0) is 26.2 Å². The largest absolute Gasteiger partial charge is 0.385 e. The molecule has 14 heavy (non-hydrogen) atoms. The van der Waals surface area contributed by atoms with E-state index in [1.165, 1.54) is 24.1 Å². The van der Waals surface area contributed by atoms with E-state index in [9.17, 15) is 0 Å². The van der Waals surface area contributed by atoms with Gasteiger partial charge in [0.05, 0.1) is 0 Å². The van der Waals surface area contributed by atoms with Crippen molar-refractivity contribution in [2.75, 3.05) is 6.54 Å². The van der Waals surface area contributed by atoms with E-state index in [1.54, 1.807) is 0 Å². The molecular formula is C13H23N. The van der Waals surface area contributed by atoms with Crippen molar-refractivity contribution in [2.24, 2.45) is 0 Å². The van der Waals surface area contributed by atoms with Crippen molar-refractivity contribution in [1.29, 1.82) is 0 Å². The second-order valence-electron chi connectivity index (χ2n) is 3.39. The van der Waals surface area contributed by atoms with Crippen molar-refractivity contribution in [1.82, 2.24) is 5.32 Å². The fourth-order valence-electron chi connectivity index (χ4n) is 1.31. The summed E-state index contributed by atoms with van der Waals surface area (Å²) >= 11 is 0. The van der Waals surface area contributed by atoms with E-state index in [0.29, 0.717) is 0 Å². The Morgan fingerprint density at radius 2 is 2.07 bits per heavy atom. The van der Waals surface area contributed by atoms with Crippen LogP contribution < -0.4 is 5.32 Å². The van der Waals surface area contributed by atoms with Crippen LogP contribution in [0, 0.1) is 0 Å². The van der Waals surface area contributed by atoms with Crippen LogP contribution in [-0.4, -0.2) is 6.54 Å². The van der Waals surface area contributed by atoms with Gasteiger partial charge < -0.3 is 5.32 Å². The first-order valence-electron chi connectivity index (χ1n) is 5.59. The van der Waals surface area contributed by atoms with Crippen molar-refractivity contribution >= 4 is 0 Å². The summed E-state index contributed by atoms with van der Waals surface area (Å²) in [6, 6.07) is 0. The van der Waals surface area contributed by atoms with Gasteiger partial charge in [0.2, 0.25) is 0 Å². The number of allylic oxidation sites excluding steroid dienone is 2. The average Bonchev–Trinajstić information content (AvgIpc) is 2.23. The molecule has 0 aromatic rings. The van der Waals surface area contributed by atoms with Gasteiger partial charge in [-0.2, -0.15) is 0 Å². The third-order valence-corrected chi connectivity index (χ3v) is 2.17. The Hall–Kier alpha value is -0.940. The lowest BCUT2D eigenvalue weighted by molar-refractivity contribution is 0.736. The number of hydrogen-bond acceptors (Lipinski definition) is 1. The number of hydrogen-bond donors (Lipinski definition) is 1. The van der Waals surface area contributed by atoms with Crippen LogP contribution in [-0.2, 0) is 0 Å². The van der Waals surface area contributed by atoms with E-state index in [2.05, 4.69) is 44.5 Å². The summed E-state index contributed by atoms with van der Waals surface area (Å²) in [7, 11) is 0. The van der Waals surface area contributed by atoms with Crippen LogP contribution >= 0.6 is 0 Å². The summed E-state index contributed by atoms with van der Waals surface area (Å²) in [5, 5.41) is 3.40. The summed E-state index contributed by atoms with van der Waals surface area (Å²) in [6.07, 6.45) is 6.77. The lowest BCUT2D eigenvalue weighted by atomic mass is 10.1. The molecule has 0 heterocycles. The molecule has 80 valence electrons. The molecule has 0 rings (SSSR count). The van der Waals surface area contributed by atoms with E-state index in [-0.39, 0.29) is 0 Å². The van der Waals surface area contributed by atoms with Gasteiger partial charge in [0, 0.05) is 17.8 Å². The maximum atomic E-state index is 3.75. The highest BCUT2D eigenvalue weighted by Gasteiger charge is 2.01. The summed E-state index contributed by atoms with van der Waals surface area (Å²) in [5.41, 5.74) is 5.46. The zero-order chi connectivity index (χ0) is 10.8. The molecule has 0 aliphatic rings. The maximum Gasteiger partial charge on any atom is 0.0407 e. The van der Waals surface area contributed by atoms with E-state index >= 15 is 0 Å². The van der Waals surface area contributed by atoms with E-state index in [1.807, 2.05) is 0 Å². The highest BCUT2D eigenvalue weighted by molar-refractivity contribution is 5.27. The molecule has 0 aromatic carbocycles. The molecule has 1 heteroatoms. The van der Waals surface area contributed by atoms with Gasteiger partial charge >= 0.3 is 0 Å². The molecule has 0 aliphatic carbocycles.